The van der Waals surface area contributed by atoms with Crippen molar-refractivity contribution in [1.29, 1.82) is 0 Å². The summed E-state index contributed by atoms with van der Waals surface area (Å²) in [6, 6.07) is 0.897. The first-order valence-corrected chi connectivity index (χ1v) is 6.16. The number of nitrogens with zero attached hydrogens (tertiary/aromatic N) is 1. The zero-order valence-electron chi connectivity index (χ0n) is 9.68. The van der Waals surface area contributed by atoms with Crippen molar-refractivity contribution >= 4 is 0 Å². The molecule has 2 nitrogen and oxygen atoms in total. The molecule has 1 saturated heterocycles. The third-order valence-corrected chi connectivity index (χ3v) is 3.67. The Morgan fingerprint density at radius 2 is 1.86 bits per heavy atom. The van der Waals surface area contributed by atoms with Crippen molar-refractivity contribution in [2.24, 2.45) is 0 Å². The minimum atomic E-state index is 0.319. The van der Waals surface area contributed by atoms with E-state index in [2.05, 4.69) is 24.1 Å². The third-order valence-electron chi connectivity index (χ3n) is 3.67. The summed E-state index contributed by atoms with van der Waals surface area (Å²) in [4.78, 5) is 2.73. The zero-order chi connectivity index (χ0) is 10.0. The van der Waals surface area contributed by atoms with Crippen LogP contribution in [0, 0.1) is 0 Å². The van der Waals surface area contributed by atoms with Gasteiger partial charge >= 0.3 is 0 Å². The molecule has 82 valence electrons. The number of rotatable bonds is 1. The first-order valence-electron chi connectivity index (χ1n) is 6.16. The van der Waals surface area contributed by atoms with E-state index in [1.807, 2.05) is 0 Å². The summed E-state index contributed by atoms with van der Waals surface area (Å²) in [6.45, 7) is 8.40. The Morgan fingerprint density at radius 3 is 2.57 bits per heavy atom. The Labute approximate surface area is 88.1 Å². The van der Waals surface area contributed by atoms with Crippen LogP contribution < -0.4 is 5.32 Å². The summed E-state index contributed by atoms with van der Waals surface area (Å²) >= 11 is 0. The summed E-state index contributed by atoms with van der Waals surface area (Å²) in [5.74, 6) is 0. The van der Waals surface area contributed by atoms with Crippen molar-refractivity contribution in [3.05, 3.63) is 0 Å². The normalized spacial score (nSPS) is 30.4. The van der Waals surface area contributed by atoms with Crippen LogP contribution >= 0.6 is 0 Å². The van der Waals surface area contributed by atoms with Crippen molar-refractivity contribution in [2.75, 3.05) is 19.6 Å². The van der Waals surface area contributed by atoms with Crippen LogP contribution in [0.15, 0.2) is 0 Å². The van der Waals surface area contributed by atoms with E-state index in [9.17, 15) is 0 Å². The van der Waals surface area contributed by atoms with Crippen LogP contribution in [-0.2, 0) is 0 Å². The molecule has 0 aromatic carbocycles. The lowest BCUT2D eigenvalue weighted by Gasteiger charge is -2.33. The van der Waals surface area contributed by atoms with Gasteiger partial charge in [0.1, 0.15) is 0 Å². The fourth-order valence-electron chi connectivity index (χ4n) is 2.93. The first-order chi connectivity index (χ1) is 6.67. The highest BCUT2D eigenvalue weighted by Gasteiger charge is 2.29. The van der Waals surface area contributed by atoms with Gasteiger partial charge in [-0.15, -0.1) is 0 Å². The molecule has 1 heterocycles. The first kappa shape index (κ1) is 10.4. The van der Waals surface area contributed by atoms with Crippen molar-refractivity contribution < 1.29 is 0 Å². The molecule has 0 aromatic rings. The van der Waals surface area contributed by atoms with Gasteiger partial charge in [-0.1, -0.05) is 12.8 Å². The van der Waals surface area contributed by atoms with Crippen molar-refractivity contribution in [2.45, 2.75) is 57.5 Å². The molecule has 0 spiro atoms. The van der Waals surface area contributed by atoms with Crippen LogP contribution in [0.2, 0.25) is 0 Å². The van der Waals surface area contributed by atoms with E-state index in [1.54, 1.807) is 0 Å². The van der Waals surface area contributed by atoms with E-state index < -0.39 is 0 Å². The summed E-state index contributed by atoms with van der Waals surface area (Å²) in [5.41, 5.74) is 0.319. The fourth-order valence-corrected chi connectivity index (χ4v) is 2.93. The van der Waals surface area contributed by atoms with Gasteiger partial charge in [0, 0.05) is 18.1 Å². The average molecular weight is 196 g/mol. The molecule has 14 heavy (non-hydrogen) atoms. The van der Waals surface area contributed by atoms with Crippen LogP contribution in [0.25, 0.3) is 0 Å². The molecule has 2 heteroatoms. The topological polar surface area (TPSA) is 15.3 Å². The van der Waals surface area contributed by atoms with Gasteiger partial charge in [0.15, 0.2) is 0 Å². The van der Waals surface area contributed by atoms with Crippen molar-refractivity contribution in [3.8, 4) is 0 Å². The van der Waals surface area contributed by atoms with Gasteiger partial charge in [-0.2, -0.15) is 0 Å². The minimum absolute atomic E-state index is 0.319. The summed E-state index contributed by atoms with van der Waals surface area (Å²) < 4.78 is 0. The lowest BCUT2D eigenvalue weighted by molar-refractivity contribution is 0.171. The van der Waals surface area contributed by atoms with Crippen molar-refractivity contribution in [3.63, 3.8) is 0 Å². The van der Waals surface area contributed by atoms with E-state index in [-0.39, 0.29) is 0 Å². The Bertz CT molecular complexity index is 183. The molecule has 1 N–H and O–H groups in total. The molecule has 2 fully saturated rings. The smallest absolute Gasteiger partial charge is 0.0252 e. The van der Waals surface area contributed by atoms with E-state index >= 15 is 0 Å². The number of hydrogen-bond donors (Lipinski definition) is 1. The molecule has 2 aliphatic rings. The van der Waals surface area contributed by atoms with E-state index in [0.29, 0.717) is 5.54 Å². The largest absolute Gasteiger partial charge is 0.310 e. The Balaban J connectivity index is 1.95. The molecule has 0 aromatic heterocycles. The maximum atomic E-state index is 3.63. The Hall–Kier alpha value is -0.0800. The lowest BCUT2D eigenvalue weighted by atomic mass is 10.0. The highest BCUT2D eigenvalue weighted by molar-refractivity contribution is 4.89. The van der Waals surface area contributed by atoms with Crippen molar-refractivity contribution in [1.82, 2.24) is 10.2 Å². The van der Waals surface area contributed by atoms with E-state index in [0.717, 1.165) is 6.04 Å². The maximum absolute atomic E-state index is 3.63. The van der Waals surface area contributed by atoms with Gasteiger partial charge in [-0.3, -0.25) is 4.90 Å². The molecule has 1 aliphatic carbocycles. The van der Waals surface area contributed by atoms with Crippen LogP contribution in [0.5, 0.6) is 0 Å². The number of hydrogen-bond acceptors (Lipinski definition) is 2. The molecular weight excluding hydrogens is 172 g/mol. The van der Waals surface area contributed by atoms with Crippen LogP contribution in [0.4, 0.5) is 0 Å². The summed E-state index contributed by atoms with van der Waals surface area (Å²) in [7, 11) is 0. The SMILES string of the molecule is CC1(C)CN(C2CCCC2)CCCN1. The Morgan fingerprint density at radius 1 is 1.14 bits per heavy atom. The standard InChI is InChI=1S/C12H24N2/c1-12(2)10-14(9-5-8-13-12)11-6-3-4-7-11/h11,13H,3-10H2,1-2H3. The van der Waals surface area contributed by atoms with Gasteiger partial charge in [-0.05, 0) is 46.2 Å². The molecule has 1 saturated carbocycles. The average Bonchev–Trinajstić information content (AvgIpc) is 2.57. The van der Waals surface area contributed by atoms with E-state index in [4.69, 9.17) is 0 Å². The third kappa shape index (κ3) is 2.48. The van der Waals surface area contributed by atoms with Crippen LogP contribution in [0.1, 0.15) is 46.0 Å². The minimum Gasteiger partial charge on any atom is -0.310 e. The highest BCUT2D eigenvalue weighted by atomic mass is 15.2. The van der Waals surface area contributed by atoms with Crippen LogP contribution in [0.3, 0.4) is 0 Å². The second-order valence-electron chi connectivity index (χ2n) is 5.57. The molecule has 0 unspecified atom stereocenters. The molecule has 1 aliphatic heterocycles. The highest BCUT2D eigenvalue weighted by Crippen LogP contribution is 2.25. The predicted molar refractivity (Wildman–Crippen MR) is 60.5 cm³/mol. The van der Waals surface area contributed by atoms with Gasteiger partial charge in [0.25, 0.3) is 0 Å². The molecule has 0 amide bonds. The van der Waals surface area contributed by atoms with Gasteiger partial charge in [0.05, 0.1) is 0 Å². The zero-order valence-corrected chi connectivity index (χ0v) is 9.68. The summed E-state index contributed by atoms with van der Waals surface area (Å²) in [6.07, 6.45) is 7.11. The number of nitrogens with one attached hydrogen (secondary N) is 1. The Kier molecular flexibility index (Phi) is 3.13. The van der Waals surface area contributed by atoms with Crippen LogP contribution in [-0.4, -0.2) is 36.1 Å². The molecule has 2 rings (SSSR count). The maximum Gasteiger partial charge on any atom is 0.0252 e. The monoisotopic (exact) mass is 196 g/mol. The predicted octanol–water partition coefficient (Wildman–Crippen LogP) is 2.00. The second kappa shape index (κ2) is 4.19. The summed E-state index contributed by atoms with van der Waals surface area (Å²) in [5, 5.41) is 3.63. The van der Waals surface area contributed by atoms with Gasteiger partial charge < -0.3 is 5.32 Å². The fraction of sp³-hybridized carbons (Fsp3) is 1.00. The van der Waals surface area contributed by atoms with Gasteiger partial charge in [0.2, 0.25) is 0 Å². The molecular formula is C12H24N2. The molecule has 0 atom stereocenters. The molecule has 0 bridgehead atoms. The second-order valence-corrected chi connectivity index (χ2v) is 5.57. The quantitative estimate of drug-likeness (QED) is 0.690. The lowest BCUT2D eigenvalue weighted by Crippen LogP contribution is -2.48. The molecule has 0 radical (unpaired) electrons. The van der Waals surface area contributed by atoms with E-state index in [1.165, 1.54) is 51.7 Å². The van der Waals surface area contributed by atoms with Gasteiger partial charge in [-0.25, -0.2) is 0 Å².